The molecule has 0 bridgehead atoms. The molecule has 1 saturated carbocycles. The van der Waals surface area contributed by atoms with E-state index in [1.807, 2.05) is 30.3 Å². The number of hydrogen-bond acceptors (Lipinski definition) is 8. The van der Waals surface area contributed by atoms with Crippen molar-refractivity contribution in [1.29, 1.82) is 0 Å². The van der Waals surface area contributed by atoms with Gasteiger partial charge in [-0.1, -0.05) is 23.7 Å². The maximum absolute atomic E-state index is 11.2. The van der Waals surface area contributed by atoms with Crippen molar-refractivity contribution in [3.8, 4) is 17.2 Å². The predicted molar refractivity (Wildman–Crippen MR) is 147 cm³/mol. The first-order valence-electron chi connectivity index (χ1n) is 12.2. The molecule has 0 radical (unpaired) electrons. The lowest BCUT2D eigenvalue weighted by atomic mass is 10.0. The SMILES string of the molecule is COc1cccc([C@H]2S[C@H](Cc3ncc(CC(=O)O)s3)c3nnc(C4CC4)n3-c3ccc(Cl)cc32)c1OC. The normalized spacial score (nSPS) is 18.4. The molecule has 11 heteroatoms. The van der Waals surface area contributed by atoms with Crippen LogP contribution in [0.4, 0.5) is 0 Å². The van der Waals surface area contributed by atoms with Crippen molar-refractivity contribution in [3.63, 3.8) is 0 Å². The van der Waals surface area contributed by atoms with Gasteiger partial charge in [-0.05, 0) is 42.7 Å². The summed E-state index contributed by atoms with van der Waals surface area (Å²) >= 11 is 9.75. The minimum atomic E-state index is -0.865. The molecule has 2 aromatic heterocycles. The number of thiazole rings is 1. The lowest BCUT2D eigenvalue weighted by Gasteiger charge is -2.23. The highest BCUT2D eigenvalue weighted by molar-refractivity contribution is 8.00. The summed E-state index contributed by atoms with van der Waals surface area (Å²) in [6.45, 7) is 0. The van der Waals surface area contributed by atoms with Crippen LogP contribution in [0.5, 0.6) is 11.5 Å². The van der Waals surface area contributed by atoms with E-state index >= 15 is 0 Å². The Morgan fingerprint density at radius 3 is 2.68 bits per heavy atom. The molecule has 1 fully saturated rings. The number of fused-ring (bicyclic) bond motifs is 3. The van der Waals surface area contributed by atoms with Crippen molar-refractivity contribution in [2.75, 3.05) is 14.2 Å². The highest BCUT2D eigenvalue weighted by Gasteiger charge is 2.39. The van der Waals surface area contributed by atoms with E-state index in [1.165, 1.54) is 11.3 Å². The van der Waals surface area contributed by atoms with Crippen LogP contribution in [0.15, 0.2) is 42.6 Å². The Hall–Kier alpha value is -3.08. The first kappa shape index (κ1) is 25.2. The molecule has 2 aromatic carbocycles. The minimum absolute atomic E-state index is 0.0366. The summed E-state index contributed by atoms with van der Waals surface area (Å²) in [5.74, 6) is 2.69. The predicted octanol–water partition coefficient (Wildman–Crippen LogP) is 6.02. The molecule has 0 unspecified atom stereocenters. The van der Waals surface area contributed by atoms with Crippen LogP contribution in [0, 0.1) is 0 Å². The number of ether oxygens (including phenoxy) is 2. The van der Waals surface area contributed by atoms with Crippen LogP contribution >= 0.6 is 34.7 Å². The molecule has 2 aliphatic rings. The number of carbonyl (C=O) groups is 1. The number of aliphatic carboxylic acids is 1. The maximum Gasteiger partial charge on any atom is 0.308 e. The standard InChI is InChI=1S/C27H25ClN4O4S2/c1-35-20-5-3-4-17(24(20)36-2)25-18-10-15(28)8-9-19(18)32-26(14-6-7-14)30-31-27(32)21(38-25)12-22-29-13-16(37-22)11-23(33)34/h3-5,8-10,13-14,21,25H,6-7,11-12H2,1-2H3,(H,33,34)/t21-,25-/m1/s1. The number of nitrogens with zero attached hydrogens (tertiary/aromatic N) is 4. The van der Waals surface area contributed by atoms with Crippen molar-refractivity contribution >= 4 is 40.7 Å². The second-order valence-electron chi connectivity index (χ2n) is 9.31. The summed E-state index contributed by atoms with van der Waals surface area (Å²) in [5, 5.41) is 19.8. The van der Waals surface area contributed by atoms with Gasteiger partial charge in [0, 0.05) is 34.0 Å². The molecule has 196 valence electrons. The smallest absolute Gasteiger partial charge is 0.308 e. The van der Waals surface area contributed by atoms with Crippen molar-refractivity contribution in [3.05, 3.63) is 80.3 Å². The Balaban J connectivity index is 1.51. The van der Waals surface area contributed by atoms with Gasteiger partial charge in [0.05, 0.1) is 41.8 Å². The molecule has 1 aliphatic carbocycles. The van der Waals surface area contributed by atoms with Crippen LogP contribution in [0.25, 0.3) is 5.69 Å². The summed E-state index contributed by atoms with van der Waals surface area (Å²) in [6, 6.07) is 11.9. The second kappa shape index (κ2) is 10.2. The Kier molecular flexibility index (Phi) is 6.79. The van der Waals surface area contributed by atoms with Gasteiger partial charge >= 0.3 is 5.97 Å². The summed E-state index contributed by atoms with van der Waals surface area (Å²) in [7, 11) is 3.29. The number of hydrogen-bond donors (Lipinski definition) is 1. The number of aromatic nitrogens is 4. The Morgan fingerprint density at radius 2 is 1.95 bits per heavy atom. The number of thioether (sulfide) groups is 1. The maximum atomic E-state index is 11.2. The van der Waals surface area contributed by atoms with Gasteiger partial charge in [0.2, 0.25) is 0 Å². The van der Waals surface area contributed by atoms with E-state index < -0.39 is 5.97 Å². The Labute approximate surface area is 233 Å². The number of halogens is 1. The monoisotopic (exact) mass is 568 g/mol. The van der Waals surface area contributed by atoms with Crippen molar-refractivity contribution < 1.29 is 19.4 Å². The number of rotatable bonds is 8. The Morgan fingerprint density at radius 1 is 1.13 bits per heavy atom. The average Bonchev–Trinajstić information content (AvgIpc) is 3.54. The van der Waals surface area contributed by atoms with Crippen LogP contribution in [-0.4, -0.2) is 45.0 Å². The van der Waals surface area contributed by atoms with Gasteiger partial charge in [-0.3, -0.25) is 9.36 Å². The summed E-state index contributed by atoms with van der Waals surface area (Å²) in [5.41, 5.74) is 3.03. The summed E-state index contributed by atoms with van der Waals surface area (Å²) < 4.78 is 13.7. The second-order valence-corrected chi connectivity index (χ2v) is 12.3. The molecular weight excluding hydrogens is 544 g/mol. The molecule has 0 amide bonds. The third kappa shape index (κ3) is 4.65. The highest BCUT2D eigenvalue weighted by atomic mass is 35.5. The summed E-state index contributed by atoms with van der Waals surface area (Å²) in [6.07, 6.45) is 4.40. The lowest BCUT2D eigenvalue weighted by molar-refractivity contribution is -0.136. The van der Waals surface area contributed by atoms with Gasteiger partial charge in [0.1, 0.15) is 5.82 Å². The van der Waals surface area contributed by atoms with Crippen LogP contribution in [0.3, 0.4) is 0 Å². The van der Waals surface area contributed by atoms with Crippen molar-refractivity contribution in [2.24, 2.45) is 0 Å². The van der Waals surface area contributed by atoms with Gasteiger partial charge in [0.25, 0.3) is 0 Å². The van der Waals surface area contributed by atoms with Crippen LogP contribution in [0.2, 0.25) is 5.02 Å². The molecule has 1 N–H and O–H groups in total. The highest BCUT2D eigenvalue weighted by Crippen LogP contribution is 2.55. The van der Waals surface area contributed by atoms with Crippen molar-refractivity contribution in [1.82, 2.24) is 19.7 Å². The topological polar surface area (TPSA) is 99.4 Å². The largest absolute Gasteiger partial charge is 0.493 e. The van der Waals surface area contributed by atoms with E-state index in [2.05, 4.69) is 20.7 Å². The van der Waals surface area contributed by atoms with E-state index in [1.54, 1.807) is 32.2 Å². The van der Waals surface area contributed by atoms with E-state index in [9.17, 15) is 9.90 Å². The van der Waals surface area contributed by atoms with E-state index in [4.69, 9.17) is 26.2 Å². The number of benzene rings is 2. The quantitative estimate of drug-likeness (QED) is 0.275. The van der Waals surface area contributed by atoms with Gasteiger partial charge < -0.3 is 14.6 Å². The molecule has 38 heavy (non-hydrogen) atoms. The number of carboxylic acids is 1. The van der Waals surface area contributed by atoms with Gasteiger partial charge in [-0.15, -0.1) is 33.3 Å². The molecule has 2 atom stereocenters. The fourth-order valence-electron chi connectivity index (χ4n) is 4.94. The van der Waals surface area contributed by atoms with Gasteiger partial charge in [-0.25, -0.2) is 4.98 Å². The zero-order chi connectivity index (χ0) is 26.4. The average molecular weight is 569 g/mol. The van der Waals surface area contributed by atoms with E-state index in [0.717, 1.165) is 51.2 Å². The zero-order valence-electron chi connectivity index (χ0n) is 20.8. The first-order valence-corrected chi connectivity index (χ1v) is 14.4. The van der Waals surface area contributed by atoms with Gasteiger partial charge in [0.15, 0.2) is 17.3 Å². The first-order chi connectivity index (χ1) is 18.5. The van der Waals surface area contributed by atoms with Crippen LogP contribution < -0.4 is 9.47 Å². The fourth-order valence-corrected chi connectivity index (χ4v) is 7.71. The fraction of sp³-hybridized carbons (Fsp3) is 0.333. The van der Waals surface area contributed by atoms with E-state index in [-0.39, 0.29) is 16.9 Å². The van der Waals surface area contributed by atoms with Crippen molar-refractivity contribution in [2.45, 2.75) is 42.1 Å². The molecule has 0 spiro atoms. The lowest BCUT2D eigenvalue weighted by Crippen LogP contribution is -2.08. The zero-order valence-corrected chi connectivity index (χ0v) is 23.1. The number of carboxylic acid groups (broad SMARTS) is 1. The Bertz CT molecular complexity index is 1520. The molecule has 6 rings (SSSR count). The molecule has 8 nitrogen and oxygen atoms in total. The molecular formula is C27H25ClN4O4S2. The molecule has 4 aromatic rings. The molecule has 0 saturated heterocycles. The minimum Gasteiger partial charge on any atom is -0.493 e. The molecule has 3 heterocycles. The van der Waals surface area contributed by atoms with Crippen LogP contribution in [-0.2, 0) is 17.6 Å². The third-order valence-corrected chi connectivity index (χ3v) is 9.50. The van der Waals surface area contributed by atoms with E-state index in [0.29, 0.717) is 28.9 Å². The third-order valence-electron chi connectivity index (χ3n) is 6.76. The number of para-hydroxylation sites is 1. The van der Waals surface area contributed by atoms with Crippen LogP contribution in [0.1, 0.15) is 61.9 Å². The van der Waals surface area contributed by atoms with Gasteiger partial charge in [-0.2, -0.15) is 0 Å². The molecule has 1 aliphatic heterocycles. The summed E-state index contributed by atoms with van der Waals surface area (Å²) in [4.78, 5) is 16.5. The number of methoxy groups -OCH3 is 2.